The maximum atomic E-state index is 4.79. The van der Waals surface area contributed by atoms with Gasteiger partial charge >= 0.3 is 0 Å². The average molecular weight is 467 g/mol. The van der Waals surface area contributed by atoms with Crippen molar-refractivity contribution in [2.45, 2.75) is 58.2 Å². The molecular weight excluding hydrogens is 437 g/mol. The van der Waals surface area contributed by atoms with Crippen LogP contribution in [0.1, 0.15) is 50.2 Å². The van der Waals surface area contributed by atoms with Gasteiger partial charge in [-0.2, -0.15) is 5.10 Å². The van der Waals surface area contributed by atoms with Crippen LogP contribution in [0.3, 0.4) is 0 Å². The normalized spacial score (nSPS) is 15.3. The van der Waals surface area contributed by atoms with E-state index in [0.717, 1.165) is 19.0 Å². The quantitative estimate of drug-likeness (QED) is 0.385. The molecule has 0 saturated heterocycles. The Morgan fingerprint density at radius 3 is 2.73 bits per heavy atom. The molecule has 1 fully saturated rings. The summed E-state index contributed by atoms with van der Waals surface area (Å²) < 4.78 is 1.94. The molecule has 2 N–H and O–H groups in total. The second-order valence-electron chi connectivity index (χ2n) is 6.70. The summed E-state index contributed by atoms with van der Waals surface area (Å²) in [6, 6.07) is 11.1. The fraction of sp³-hybridized carbons (Fsp3) is 0.500. The predicted molar refractivity (Wildman–Crippen MR) is 118 cm³/mol. The van der Waals surface area contributed by atoms with Crippen molar-refractivity contribution < 1.29 is 0 Å². The van der Waals surface area contributed by atoms with E-state index >= 15 is 0 Å². The van der Waals surface area contributed by atoms with Gasteiger partial charge in [-0.1, -0.05) is 43.5 Å². The van der Waals surface area contributed by atoms with E-state index in [-0.39, 0.29) is 24.0 Å². The van der Waals surface area contributed by atoms with E-state index in [2.05, 4.69) is 46.9 Å². The lowest BCUT2D eigenvalue weighted by atomic mass is 9.96. The van der Waals surface area contributed by atoms with Gasteiger partial charge in [0.15, 0.2) is 5.96 Å². The molecule has 0 unspecified atom stereocenters. The Morgan fingerprint density at radius 2 is 2.00 bits per heavy atom. The van der Waals surface area contributed by atoms with Crippen LogP contribution >= 0.6 is 24.0 Å². The van der Waals surface area contributed by atoms with Gasteiger partial charge in [-0.15, -0.1) is 24.0 Å². The van der Waals surface area contributed by atoms with Crippen molar-refractivity contribution in [1.29, 1.82) is 0 Å². The van der Waals surface area contributed by atoms with Crippen LogP contribution in [0.2, 0.25) is 0 Å². The van der Waals surface area contributed by atoms with E-state index in [1.54, 1.807) is 0 Å². The van der Waals surface area contributed by atoms with Crippen LogP contribution in [0.5, 0.6) is 0 Å². The number of guanidine groups is 1. The molecule has 3 rings (SSSR count). The zero-order valence-electron chi connectivity index (χ0n) is 15.5. The Hall–Kier alpha value is -1.57. The maximum Gasteiger partial charge on any atom is 0.191 e. The fourth-order valence-corrected chi connectivity index (χ4v) is 3.34. The third kappa shape index (κ3) is 6.63. The molecule has 0 amide bonds. The number of hydrogen-bond acceptors (Lipinski definition) is 2. The van der Waals surface area contributed by atoms with Crippen LogP contribution in [0.25, 0.3) is 0 Å². The molecule has 1 aromatic heterocycles. The topological polar surface area (TPSA) is 54.2 Å². The summed E-state index contributed by atoms with van der Waals surface area (Å²) >= 11 is 0. The molecule has 0 atom stereocenters. The van der Waals surface area contributed by atoms with Gasteiger partial charge in [-0.3, -0.25) is 4.68 Å². The maximum absolute atomic E-state index is 4.79. The highest BCUT2D eigenvalue weighted by Crippen LogP contribution is 2.17. The Balaban J connectivity index is 0.00000243. The van der Waals surface area contributed by atoms with Gasteiger partial charge in [0, 0.05) is 25.0 Å². The lowest BCUT2D eigenvalue weighted by molar-refractivity contribution is 0.410. The summed E-state index contributed by atoms with van der Waals surface area (Å²) in [7, 11) is 0. The highest BCUT2D eigenvalue weighted by atomic mass is 127. The van der Waals surface area contributed by atoms with E-state index in [1.165, 1.54) is 43.2 Å². The third-order valence-electron chi connectivity index (χ3n) is 4.61. The first-order chi connectivity index (χ1) is 12.3. The van der Waals surface area contributed by atoms with Crippen molar-refractivity contribution in [2.75, 3.05) is 6.54 Å². The molecule has 0 bridgehead atoms. The molecule has 1 heterocycles. The zero-order valence-corrected chi connectivity index (χ0v) is 17.9. The Labute approximate surface area is 173 Å². The van der Waals surface area contributed by atoms with Crippen molar-refractivity contribution in [3.8, 4) is 0 Å². The van der Waals surface area contributed by atoms with Gasteiger partial charge in [0.1, 0.15) is 0 Å². The van der Waals surface area contributed by atoms with E-state index in [4.69, 9.17) is 4.99 Å². The van der Waals surface area contributed by atoms with Gasteiger partial charge < -0.3 is 10.6 Å². The van der Waals surface area contributed by atoms with Crippen molar-refractivity contribution in [3.63, 3.8) is 0 Å². The second kappa shape index (κ2) is 11.2. The van der Waals surface area contributed by atoms with E-state index in [1.807, 2.05) is 23.1 Å². The van der Waals surface area contributed by atoms with Crippen LogP contribution in [0.4, 0.5) is 0 Å². The summed E-state index contributed by atoms with van der Waals surface area (Å²) in [6.45, 7) is 4.49. The van der Waals surface area contributed by atoms with Gasteiger partial charge in [-0.25, -0.2) is 4.99 Å². The van der Waals surface area contributed by atoms with E-state index < -0.39 is 0 Å². The first-order valence-electron chi connectivity index (χ1n) is 9.43. The minimum atomic E-state index is 0. The van der Waals surface area contributed by atoms with Crippen LogP contribution in [0, 0.1) is 0 Å². The standard InChI is InChI=1S/C20H29N5.HI/c1-2-21-20(24-19-10-4-3-5-11-19)22-15-17-8-6-9-18(14-17)16-25-13-7-12-23-25;/h6-9,12-14,19H,2-5,10-11,15-16H2,1H3,(H2,21,22,24);1H. The number of halogens is 1. The number of nitrogens with zero attached hydrogens (tertiary/aromatic N) is 3. The number of rotatable bonds is 6. The monoisotopic (exact) mass is 467 g/mol. The van der Waals surface area contributed by atoms with Gasteiger partial charge in [0.2, 0.25) is 0 Å². The summed E-state index contributed by atoms with van der Waals surface area (Å²) in [5.74, 6) is 0.937. The molecule has 0 radical (unpaired) electrons. The molecule has 142 valence electrons. The lowest BCUT2D eigenvalue weighted by Crippen LogP contribution is -2.44. The zero-order chi connectivity index (χ0) is 17.3. The van der Waals surface area contributed by atoms with Crippen molar-refractivity contribution in [1.82, 2.24) is 20.4 Å². The third-order valence-corrected chi connectivity index (χ3v) is 4.61. The molecule has 6 heteroatoms. The number of nitrogens with one attached hydrogen (secondary N) is 2. The highest BCUT2D eigenvalue weighted by Gasteiger charge is 2.14. The molecule has 0 aliphatic heterocycles. The minimum absolute atomic E-state index is 0. The molecule has 26 heavy (non-hydrogen) atoms. The van der Waals surface area contributed by atoms with E-state index in [0.29, 0.717) is 12.6 Å². The van der Waals surface area contributed by atoms with Gasteiger partial charge in [0.05, 0.1) is 13.1 Å². The molecule has 1 aromatic carbocycles. The molecule has 0 spiro atoms. The smallest absolute Gasteiger partial charge is 0.191 e. The number of hydrogen-bond donors (Lipinski definition) is 2. The summed E-state index contributed by atoms with van der Waals surface area (Å²) in [4.78, 5) is 4.79. The number of benzene rings is 1. The van der Waals surface area contributed by atoms with Crippen molar-refractivity contribution in [2.24, 2.45) is 4.99 Å². The van der Waals surface area contributed by atoms with Gasteiger partial charge in [-0.05, 0) is 37.0 Å². The molecule has 1 aliphatic carbocycles. The van der Waals surface area contributed by atoms with Crippen LogP contribution in [-0.2, 0) is 13.1 Å². The first kappa shape index (κ1) is 20.7. The fourth-order valence-electron chi connectivity index (χ4n) is 3.34. The molecule has 1 saturated carbocycles. The Morgan fingerprint density at radius 1 is 1.19 bits per heavy atom. The van der Waals surface area contributed by atoms with Crippen molar-refractivity contribution >= 4 is 29.9 Å². The molecule has 2 aromatic rings. The SMILES string of the molecule is CCNC(=NCc1cccc(Cn2cccn2)c1)NC1CCCCC1.I. The number of aliphatic imine (C=N–C) groups is 1. The molecule has 5 nitrogen and oxygen atoms in total. The summed E-state index contributed by atoms with van der Waals surface area (Å²) in [5, 5.41) is 11.3. The van der Waals surface area contributed by atoms with Crippen LogP contribution < -0.4 is 10.6 Å². The largest absolute Gasteiger partial charge is 0.357 e. The molecule has 1 aliphatic rings. The Kier molecular flexibility index (Phi) is 8.94. The minimum Gasteiger partial charge on any atom is -0.357 e. The van der Waals surface area contributed by atoms with E-state index in [9.17, 15) is 0 Å². The first-order valence-corrected chi connectivity index (χ1v) is 9.43. The predicted octanol–water partition coefficient (Wildman–Crippen LogP) is 3.94. The average Bonchev–Trinajstić information content (AvgIpc) is 3.14. The second-order valence-corrected chi connectivity index (χ2v) is 6.70. The summed E-state index contributed by atoms with van der Waals surface area (Å²) in [5.41, 5.74) is 2.48. The van der Waals surface area contributed by atoms with Crippen LogP contribution in [-0.4, -0.2) is 28.3 Å². The number of aromatic nitrogens is 2. The lowest BCUT2D eigenvalue weighted by Gasteiger charge is -2.24. The van der Waals surface area contributed by atoms with Crippen LogP contribution in [0.15, 0.2) is 47.7 Å². The summed E-state index contributed by atoms with van der Waals surface area (Å²) in [6.07, 6.45) is 10.3. The molecular formula is C20H30IN5. The van der Waals surface area contributed by atoms with Crippen molar-refractivity contribution in [3.05, 3.63) is 53.9 Å². The Bertz CT molecular complexity index is 663. The van der Waals surface area contributed by atoms with Gasteiger partial charge in [0.25, 0.3) is 0 Å². The highest BCUT2D eigenvalue weighted by molar-refractivity contribution is 14.0.